The first-order valence-corrected chi connectivity index (χ1v) is 9.96. The Labute approximate surface area is 174 Å². The quantitative estimate of drug-likeness (QED) is 0.673. The first-order valence-electron chi connectivity index (χ1n) is 9.96. The Bertz CT molecular complexity index is 1060. The van der Waals surface area contributed by atoms with Crippen molar-refractivity contribution in [3.8, 4) is 5.75 Å². The van der Waals surface area contributed by atoms with Crippen LogP contribution in [-0.2, 0) is 4.74 Å². The Morgan fingerprint density at radius 1 is 1.30 bits per heavy atom. The number of carbonyl (C=O) groups is 1. The van der Waals surface area contributed by atoms with E-state index in [1.165, 1.54) is 6.07 Å². The Morgan fingerprint density at radius 2 is 2.10 bits per heavy atom. The molecule has 0 bridgehead atoms. The minimum atomic E-state index is -0.485. The van der Waals surface area contributed by atoms with Gasteiger partial charge < -0.3 is 24.1 Å². The highest BCUT2D eigenvalue weighted by Gasteiger charge is 2.28. The van der Waals surface area contributed by atoms with E-state index in [0.717, 1.165) is 22.3 Å². The fraction of sp³-hybridized carbons (Fsp3) is 0.348. The molecule has 0 aliphatic carbocycles. The van der Waals surface area contributed by atoms with Gasteiger partial charge in [-0.15, -0.1) is 0 Å². The van der Waals surface area contributed by atoms with Gasteiger partial charge in [-0.05, 0) is 38.1 Å². The lowest BCUT2D eigenvalue weighted by atomic mass is 10.1. The number of nitrogens with zero attached hydrogens (tertiary/aromatic N) is 1. The number of methoxy groups -OCH3 is 1. The maximum atomic E-state index is 14.1. The van der Waals surface area contributed by atoms with Crippen molar-refractivity contribution in [1.82, 2.24) is 10.2 Å². The Kier molecular flexibility index (Phi) is 5.63. The lowest BCUT2D eigenvalue weighted by molar-refractivity contribution is -0.0175. The molecule has 6 nitrogen and oxygen atoms in total. The van der Waals surface area contributed by atoms with Crippen LogP contribution < -0.4 is 10.1 Å². The van der Waals surface area contributed by atoms with Crippen LogP contribution in [0.1, 0.15) is 36.0 Å². The minimum Gasteiger partial charge on any atom is -0.497 e. The third-order valence-corrected chi connectivity index (χ3v) is 5.52. The van der Waals surface area contributed by atoms with E-state index in [-0.39, 0.29) is 24.4 Å². The van der Waals surface area contributed by atoms with Crippen molar-refractivity contribution in [2.75, 3.05) is 26.8 Å². The van der Waals surface area contributed by atoms with Gasteiger partial charge in [-0.25, -0.2) is 9.18 Å². The predicted octanol–water partition coefficient (Wildman–Crippen LogP) is 4.73. The van der Waals surface area contributed by atoms with E-state index < -0.39 is 6.10 Å². The van der Waals surface area contributed by atoms with Gasteiger partial charge in [0.15, 0.2) is 0 Å². The molecule has 2 atom stereocenters. The first kappa shape index (κ1) is 20.2. The highest BCUT2D eigenvalue weighted by atomic mass is 19.1. The SMILES string of the molecule is COc1ccc2oc(C(C)NC(=O)N3CCOC(c4ccccc4F)C3)c(C)c2c1. The average Bonchev–Trinajstić information content (AvgIpc) is 3.10. The summed E-state index contributed by atoms with van der Waals surface area (Å²) in [5.41, 5.74) is 2.17. The van der Waals surface area contributed by atoms with Crippen molar-refractivity contribution in [3.05, 3.63) is 65.2 Å². The molecular weight excluding hydrogens is 387 g/mol. The number of furan rings is 1. The van der Waals surface area contributed by atoms with E-state index in [4.69, 9.17) is 13.9 Å². The number of rotatable bonds is 4. The van der Waals surface area contributed by atoms with Crippen LogP contribution in [-0.4, -0.2) is 37.7 Å². The van der Waals surface area contributed by atoms with Crippen LogP contribution in [0.25, 0.3) is 11.0 Å². The van der Waals surface area contributed by atoms with E-state index in [1.807, 2.05) is 32.0 Å². The van der Waals surface area contributed by atoms with Gasteiger partial charge in [0.25, 0.3) is 0 Å². The fourth-order valence-electron chi connectivity index (χ4n) is 3.86. The summed E-state index contributed by atoms with van der Waals surface area (Å²) < 4.78 is 31.1. The number of hydrogen-bond acceptors (Lipinski definition) is 4. The van der Waals surface area contributed by atoms with Gasteiger partial charge in [0.05, 0.1) is 26.3 Å². The number of morpholine rings is 1. The van der Waals surface area contributed by atoms with E-state index in [1.54, 1.807) is 30.2 Å². The number of nitrogens with one attached hydrogen (secondary N) is 1. The molecule has 2 amide bonds. The second kappa shape index (κ2) is 8.36. The summed E-state index contributed by atoms with van der Waals surface area (Å²) in [4.78, 5) is 14.5. The zero-order valence-electron chi connectivity index (χ0n) is 17.3. The molecule has 7 heteroatoms. The number of aryl methyl sites for hydroxylation is 1. The standard InChI is InChI=1S/C23H25FN2O4/c1-14-18-12-16(28-3)8-9-20(18)30-22(14)15(2)25-23(27)26-10-11-29-21(13-26)17-6-4-5-7-19(17)24/h4-9,12,15,21H,10-11,13H2,1-3H3,(H,25,27). The molecule has 0 radical (unpaired) electrons. The molecule has 30 heavy (non-hydrogen) atoms. The monoisotopic (exact) mass is 412 g/mol. The lowest BCUT2D eigenvalue weighted by Gasteiger charge is -2.34. The zero-order chi connectivity index (χ0) is 21.3. The van der Waals surface area contributed by atoms with Crippen LogP contribution in [0.3, 0.4) is 0 Å². The predicted molar refractivity (Wildman–Crippen MR) is 111 cm³/mol. The topological polar surface area (TPSA) is 63.9 Å². The summed E-state index contributed by atoms with van der Waals surface area (Å²) in [5, 5.41) is 3.95. The Morgan fingerprint density at radius 3 is 2.87 bits per heavy atom. The number of benzene rings is 2. The van der Waals surface area contributed by atoms with E-state index >= 15 is 0 Å². The van der Waals surface area contributed by atoms with Crippen LogP contribution in [0.2, 0.25) is 0 Å². The highest BCUT2D eigenvalue weighted by Crippen LogP contribution is 2.32. The van der Waals surface area contributed by atoms with Gasteiger partial charge in [0, 0.05) is 23.1 Å². The van der Waals surface area contributed by atoms with Gasteiger partial charge in [0.1, 0.15) is 29.0 Å². The van der Waals surface area contributed by atoms with Crippen molar-refractivity contribution in [1.29, 1.82) is 0 Å². The molecule has 4 rings (SSSR count). The molecule has 2 aromatic carbocycles. The number of carbonyl (C=O) groups excluding carboxylic acids is 1. The Hall–Kier alpha value is -3.06. The van der Waals surface area contributed by atoms with Crippen molar-refractivity contribution in [2.24, 2.45) is 0 Å². The molecule has 2 heterocycles. The van der Waals surface area contributed by atoms with Crippen LogP contribution in [0.4, 0.5) is 9.18 Å². The normalized spacial score (nSPS) is 17.7. The molecule has 1 aromatic heterocycles. The molecule has 1 N–H and O–H groups in total. The maximum absolute atomic E-state index is 14.1. The average molecular weight is 412 g/mol. The van der Waals surface area contributed by atoms with Gasteiger partial charge in [-0.1, -0.05) is 18.2 Å². The second-order valence-electron chi connectivity index (χ2n) is 7.45. The number of urea groups is 1. The molecule has 1 saturated heterocycles. The van der Waals surface area contributed by atoms with Crippen molar-refractivity contribution in [2.45, 2.75) is 26.0 Å². The summed E-state index contributed by atoms with van der Waals surface area (Å²) in [6.45, 7) is 4.93. The molecule has 3 aromatic rings. The maximum Gasteiger partial charge on any atom is 0.318 e. The first-order chi connectivity index (χ1) is 14.5. The summed E-state index contributed by atoms with van der Waals surface area (Å²) in [7, 11) is 1.62. The summed E-state index contributed by atoms with van der Waals surface area (Å²) in [6, 6.07) is 11.6. The van der Waals surface area contributed by atoms with Gasteiger partial charge in [-0.3, -0.25) is 0 Å². The smallest absolute Gasteiger partial charge is 0.318 e. The van der Waals surface area contributed by atoms with E-state index in [9.17, 15) is 9.18 Å². The van der Waals surface area contributed by atoms with E-state index in [2.05, 4.69) is 5.32 Å². The number of fused-ring (bicyclic) bond motifs is 1. The molecule has 1 aliphatic heterocycles. The van der Waals surface area contributed by atoms with Crippen LogP contribution >= 0.6 is 0 Å². The van der Waals surface area contributed by atoms with Crippen molar-refractivity contribution in [3.63, 3.8) is 0 Å². The Balaban J connectivity index is 1.47. The summed E-state index contributed by atoms with van der Waals surface area (Å²) >= 11 is 0. The molecule has 1 fully saturated rings. The zero-order valence-corrected chi connectivity index (χ0v) is 17.3. The third kappa shape index (κ3) is 3.85. The van der Waals surface area contributed by atoms with Crippen molar-refractivity contribution < 1.29 is 23.1 Å². The van der Waals surface area contributed by atoms with Crippen LogP contribution in [0.5, 0.6) is 5.75 Å². The van der Waals surface area contributed by atoms with E-state index in [0.29, 0.717) is 24.5 Å². The third-order valence-electron chi connectivity index (χ3n) is 5.52. The molecule has 0 saturated carbocycles. The fourth-order valence-corrected chi connectivity index (χ4v) is 3.86. The summed E-state index contributed by atoms with van der Waals surface area (Å²) in [5.74, 6) is 1.12. The number of ether oxygens (including phenoxy) is 2. The number of amides is 2. The highest BCUT2D eigenvalue weighted by molar-refractivity contribution is 5.84. The van der Waals surface area contributed by atoms with Gasteiger partial charge in [0.2, 0.25) is 0 Å². The number of hydrogen-bond donors (Lipinski definition) is 1. The number of halogens is 1. The van der Waals surface area contributed by atoms with Gasteiger partial charge >= 0.3 is 6.03 Å². The lowest BCUT2D eigenvalue weighted by Crippen LogP contribution is -2.47. The molecule has 0 spiro atoms. The molecule has 1 aliphatic rings. The minimum absolute atomic E-state index is 0.232. The summed E-state index contributed by atoms with van der Waals surface area (Å²) in [6.07, 6.45) is -0.485. The van der Waals surface area contributed by atoms with Crippen molar-refractivity contribution >= 4 is 17.0 Å². The van der Waals surface area contributed by atoms with Crippen LogP contribution in [0.15, 0.2) is 46.9 Å². The molecule has 158 valence electrons. The molecule has 2 unspecified atom stereocenters. The van der Waals surface area contributed by atoms with Crippen LogP contribution in [0, 0.1) is 12.7 Å². The second-order valence-corrected chi connectivity index (χ2v) is 7.45. The van der Waals surface area contributed by atoms with Gasteiger partial charge in [-0.2, -0.15) is 0 Å². The molecular formula is C23H25FN2O4. The largest absolute Gasteiger partial charge is 0.497 e.